The molecular weight excluding hydrogens is 336 g/mol. The van der Waals surface area contributed by atoms with Crippen LogP contribution in [0.25, 0.3) is 0 Å². The molecule has 0 aliphatic carbocycles. The lowest BCUT2D eigenvalue weighted by Gasteiger charge is -2.33. The molecule has 1 fully saturated rings. The Morgan fingerprint density at radius 2 is 1.27 bits per heavy atom. The maximum absolute atomic E-state index is 5.94. The van der Waals surface area contributed by atoms with Gasteiger partial charge < -0.3 is 28.4 Å². The lowest BCUT2D eigenvalue weighted by Crippen LogP contribution is -2.26. The van der Waals surface area contributed by atoms with E-state index < -0.39 is 0 Å². The van der Waals surface area contributed by atoms with E-state index in [1.54, 1.807) is 28.4 Å². The zero-order valence-electron chi connectivity index (χ0n) is 15.5. The summed E-state index contributed by atoms with van der Waals surface area (Å²) < 4.78 is 33.0. The van der Waals surface area contributed by atoms with E-state index in [-0.39, 0.29) is 18.8 Å². The van der Waals surface area contributed by atoms with E-state index in [0.717, 1.165) is 11.1 Å². The SMILES string of the molecule is COc1ccc(C2COCOC2c2ccc(OC)c(OC)c2)cc1OC. The van der Waals surface area contributed by atoms with Gasteiger partial charge in [-0.1, -0.05) is 12.1 Å². The van der Waals surface area contributed by atoms with Crippen LogP contribution in [0.1, 0.15) is 23.1 Å². The molecular formula is C20H24O6. The molecule has 0 bridgehead atoms. The average molecular weight is 360 g/mol. The fourth-order valence-electron chi connectivity index (χ4n) is 3.21. The number of hydrogen-bond acceptors (Lipinski definition) is 6. The van der Waals surface area contributed by atoms with Gasteiger partial charge in [-0.25, -0.2) is 0 Å². The van der Waals surface area contributed by atoms with E-state index in [2.05, 4.69) is 0 Å². The third-order valence-electron chi connectivity index (χ3n) is 4.57. The van der Waals surface area contributed by atoms with Crippen LogP contribution in [0.3, 0.4) is 0 Å². The second-order valence-electron chi connectivity index (χ2n) is 5.91. The van der Waals surface area contributed by atoms with Crippen molar-refractivity contribution in [2.75, 3.05) is 41.8 Å². The van der Waals surface area contributed by atoms with Crippen molar-refractivity contribution in [3.8, 4) is 23.0 Å². The molecule has 1 heterocycles. The number of hydrogen-bond donors (Lipinski definition) is 0. The van der Waals surface area contributed by atoms with Crippen LogP contribution in [0.2, 0.25) is 0 Å². The summed E-state index contributed by atoms with van der Waals surface area (Å²) in [5, 5.41) is 0. The van der Waals surface area contributed by atoms with Gasteiger partial charge in [0.05, 0.1) is 41.2 Å². The zero-order valence-corrected chi connectivity index (χ0v) is 15.5. The van der Waals surface area contributed by atoms with Gasteiger partial charge in [0.2, 0.25) is 0 Å². The molecule has 0 amide bonds. The van der Waals surface area contributed by atoms with Crippen molar-refractivity contribution in [3.63, 3.8) is 0 Å². The predicted octanol–water partition coefficient (Wildman–Crippen LogP) is 3.55. The van der Waals surface area contributed by atoms with Crippen LogP contribution in [0.5, 0.6) is 23.0 Å². The van der Waals surface area contributed by atoms with Crippen molar-refractivity contribution >= 4 is 0 Å². The van der Waals surface area contributed by atoms with Crippen LogP contribution in [0.15, 0.2) is 36.4 Å². The molecule has 2 aromatic rings. The zero-order chi connectivity index (χ0) is 18.5. The molecule has 0 radical (unpaired) electrons. The Kier molecular flexibility index (Phi) is 5.85. The van der Waals surface area contributed by atoms with Crippen LogP contribution in [-0.2, 0) is 9.47 Å². The summed E-state index contributed by atoms with van der Waals surface area (Å²) in [7, 11) is 6.49. The smallest absolute Gasteiger partial charge is 0.161 e. The van der Waals surface area contributed by atoms with Gasteiger partial charge in [-0.2, -0.15) is 0 Å². The maximum Gasteiger partial charge on any atom is 0.161 e. The molecule has 6 heteroatoms. The minimum absolute atomic E-state index is 0.0154. The average Bonchev–Trinajstić information content (AvgIpc) is 2.72. The lowest BCUT2D eigenvalue weighted by molar-refractivity contribution is -0.153. The number of methoxy groups -OCH3 is 4. The van der Waals surface area contributed by atoms with E-state index in [9.17, 15) is 0 Å². The highest BCUT2D eigenvalue weighted by Crippen LogP contribution is 2.42. The molecule has 0 saturated carbocycles. The Balaban J connectivity index is 1.96. The summed E-state index contributed by atoms with van der Waals surface area (Å²) in [5.74, 6) is 2.75. The molecule has 0 spiro atoms. The minimum atomic E-state index is -0.165. The molecule has 2 unspecified atom stereocenters. The fraction of sp³-hybridized carbons (Fsp3) is 0.400. The molecule has 1 aliphatic rings. The Hall–Kier alpha value is -2.44. The maximum atomic E-state index is 5.94. The van der Waals surface area contributed by atoms with Crippen LogP contribution < -0.4 is 18.9 Å². The first-order chi connectivity index (χ1) is 12.7. The van der Waals surface area contributed by atoms with Crippen LogP contribution in [0.4, 0.5) is 0 Å². The number of benzene rings is 2. The molecule has 6 nitrogen and oxygen atoms in total. The fourth-order valence-corrected chi connectivity index (χ4v) is 3.21. The Morgan fingerprint density at radius 1 is 0.731 bits per heavy atom. The second kappa shape index (κ2) is 8.29. The molecule has 1 aliphatic heterocycles. The lowest BCUT2D eigenvalue weighted by atomic mass is 9.88. The topological polar surface area (TPSA) is 55.4 Å². The molecule has 2 atom stereocenters. The van der Waals surface area contributed by atoms with Gasteiger partial charge in [0, 0.05) is 5.92 Å². The normalized spacial score (nSPS) is 19.7. The first-order valence-corrected chi connectivity index (χ1v) is 8.35. The second-order valence-corrected chi connectivity index (χ2v) is 5.91. The van der Waals surface area contributed by atoms with Crippen molar-refractivity contribution in [2.24, 2.45) is 0 Å². The van der Waals surface area contributed by atoms with Crippen LogP contribution in [-0.4, -0.2) is 41.8 Å². The standard InChI is InChI=1S/C20H24O6/c1-21-16-7-5-13(9-18(16)23-3)15-11-25-12-26-20(15)14-6-8-17(22-2)19(10-14)24-4/h5-10,15,20H,11-12H2,1-4H3. The van der Waals surface area contributed by atoms with Gasteiger partial charge in [-0.15, -0.1) is 0 Å². The third kappa shape index (κ3) is 3.57. The molecule has 26 heavy (non-hydrogen) atoms. The minimum Gasteiger partial charge on any atom is -0.493 e. The summed E-state index contributed by atoms with van der Waals surface area (Å²) in [4.78, 5) is 0. The van der Waals surface area contributed by atoms with E-state index >= 15 is 0 Å². The summed E-state index contributed by atoms with van der Waals surface area (Å²) in [5.41, 5.74) is 2.06. The van der Waals surface area contributed by atoms with Crippen molar-refractivity contribution < 1.29 is 28.4 Å². The van der Waals surface area contributed by atoms with Gasteiger partial charge in [-0.3, -0.25) is 0 Å². The van der Waals surface area contributed by atoms with Crippen LogP contribution in [0, 0.1) is 0 Å². The highest BCUT2D eigenvalue weighted by atomic mass is 16.7. The molecule has 3 rings (SSSR count). The van der Waals surface area contributed by atoms with Crippen molar-refractivity contribution in [1.82, 2.24) is 0 Å². The van der Waals surface area contributed by atoms with Crippen molar-refractivity contribution in [2.45, 2.75) is 12.0 Å². The van der Waals surface area contributed by atoms with E-state index in [1.807, 2.05) is 36.4 Å². The van der Waals surface area contributed by atoms with E-state index in [1.165, 1.54) is 0 Å². The van der Waals surface area contributed by atoms with Gasteiger partial charge in [-0.05, 0) is 35.4 Å². The molecule has 0 aromatic heterocycles. The molecule has 140 valence electrons. The molecule has 1 saturated heterocycles. The Morgan fingerprint density at radius 3 is 1.85 bits per heavy atom. The first kappa shape index (κ1) is 18.4. The quantitative estimate of drug-likeness (QED) is 0.785. The predicted molar refractivity (Wildman–Crippen MR) is 96.5 cm³/mol. The van der Waals surface area contributed by atoms with E-state index in [0.29, 0.717) is 29.6 Å². The largest absolute Gasteiger partial charge is 0.493 e. The summed E-state index contributed by atoms with van der Waals surface area (Å²) in [6.45, 7) is 0.803. The highest BCUT2D eigenvalue weighted by Gasteiger charge is 2.31. The third-order valence-corrected chi connectivity index (χ3v) is 4.57. The summed E-state index contributed by atoms with van der Waals surface area (Å²) in [6, 6.07) is 11.7. The number of rotatable bonds is 6. The van der Waals surface area contributed by atoms with Gasteiger partial charge >= 0.3 is 0 Å². The van der Waals surface area contributed by atoms with E-state index in [4.69, 9.17) is 28.4 Å². The van der Waals surface area contributed by atoms with Gasteiger partial charge in [0.1, 0.15) is 6.79 Å². The Labute approximate surface area is 153 Å². The van der Waals surface area contributed by atoms with Gasteiger partial charge in [0.15, 0.2) is 23.0 Å². The van der Waals surface area contributed by atoms with Crippen molar-refractivity contribution in [3.05, 3.63) is 47.5 Å². The van der Waals surface area contributed by atoms with Gasteiger partial charge in [0.25, 0.3) is 0 Å². The highest BCUT2D eigenvalue weighted by molar-refractivity contribution is 5.47. The molecule has 0 N–H and O–H groups in total. The summed E-state index contributed by atoms with van der Waals surface area (Å²) in [6.07, 6.45) is -0.165. The van der Waals surface area contributed by atoms with Crippen LogP contribution >= 0.6 is 0 Å². The first-order valence-electron chi connectivity index (χ1n) is 8.35. The van der Waals surface area contributed by atoms with Crippen molar-refractivity contribution in [1.29, 1.82) is 0 Å². The Bertz CT molecular complexity index is 682. The monoisotopic (exact) mass is 360 g/mol. The summed E-state index contributed by atoms with van der Waals surface area (Å²) >= 11 is 0. The number of ether oxygens (including phenoxy) is 6. The molecule has 2 aromatic carbocycles.